The molecular weight excluding hydrogens is 370 g/mol. The van der Waals surface area contributed by atoms with Crippen molar-refractivity contribution in [3.8, 4) is 0 Å². The number of hydrogen-bond acceptors (Lipinski definition) is 3. The average molecular weight is 396 g/mol. The molecule has 0 aromatic heterocycles. The summed E-state index contributed by atoms with van der Waals surface area (Å²) in [5.41, 5.74) is 5.68. The quantitative estimate of drug-likeness (QED) is 0.701. The smallest absolute Gasteiger partial charge is 0.231 e. The summed E-state index contributed by atoms with van der Waals surface area (Å²) in [7, 11) is 2.15. The molecule has 1 N–H and O–H groups in total. The molecule has 0 aliphatic carbocycles. The van der Waals surface area contributed by atoms with Crippen molar-refractivity contribution >= 4 is 17.3 Å². The summed E-state index contributed by atoms with van der Waals surface area (Å²) in [5, 5.41) is 3.79. The second kappa shape index (κ2) is 6.36. The topological polar surface area (TPSA) is 35.6 Å². The van der Waals surface area contributed by atoms with E-state index in [4.69, 9.17) is 0 Å². The number of nitrogens with zero attached hydrogens (tertiary/aromatic N) is 2. The van der Waals surface area contributed by atoms with E-state index in [0.717, 1.165) is 24.2 Å². The van der Waals surface area contributed by atoms with Crippen LogP contribution in [0.4, 0.5) is 11.4 Å². The highest BCUT2D eigenvalue weighted by molar-refractivity contribution is 5.92. The van der Waals surface area contributed by atoms with Crippen molar-refractivity contribution in [2.45, 2.75) is 30.5 Å². The predicted molar refractivity (Wildman–Crippen MR) is 120 cm³/mol. The maximum atomic E-state index is 14.1. The van der Waals surface area contributed by atoms with Gasteiger partial charge in [-0.3, -0.25) is 4.79 Å². The zero-order valence-corrected chi connectivity index (χ0v) is 17.1. The molecule has 0 unspecified atom stereocenters. The molecule has 3 heterocycles. The lowest BCUT2D eigenvalue weighted by Crippen LogP contribution is -2.62. The predicted octanol–water partition coefficient (Wildman–Crippen LogP) is 4.34. The van der Waals surface area contributed by atoms with E-state index in [1.165, 1.54) is 16.8 Å². The molecule has 4 heteroatoms. The number of likely N-dealkylation sites (tertiary alicyclic amines) is 1. The van der Waals surface area contributed by atoms with Crippen molar-refractivity contribution in [1.82, 2.24) is 4.90 Å². The Morgan fingerprint density at radius 2 is 1.70 bits per heavy atom. The Labute approximate surface area is 177 Å². The molecule has 0 bridgehead atoms. The Morgan fingerprint density at radius 3 is 2.57 bits per heavy atom. The first-order chi connectivity index (χ1) is 14.7. The third kappa shape index (κ3) is 2.25. The summed E-state index contributed by atoms with van der Waals surface area (Å²) in [5.74, 6) is 0.0673. The molecular formula is C26H25N3O. The number of nitrogens with one attached hydrogen (secondary N) is 1. The number of benzene rings is 3. The number of amides is 1. The second-order valence-corrected chi connectivity index (χ2v) is 8.73. The molecule has 6 rings (SSSR count). The first kappa shape index (κ1) is 17.6. The minimum absolute atomic E-state index is 0.0811. The van der Waals surface area contributed by atoms with Crippen LogP contribution in [0.1, 0.15) is 29.0 Å². The lowest BCUT2D eigenvalue weighted by atomic mass is 9.60. The van der Waals surface area contributed by atoms with Gasteiger partial charge in [0.1, 0.15) is 6.17 Å². The molecule has 3 aliphatic heterocycles. The highest BCUT2D eigenvalue weighted by Crippen LogP contribution is 2.59. The van der Waals surface area contributed by atoms with E-state index in [1.807, 2.05) is 18.2 Å². The summed E-state index contributed by atoms with van der Waals surface area (Å²) >= 11 is 0. The number of para-hydroxylation sites is 2. The van der Waals surface area contributed by atoms with Gasteiger partial charge in [-0.05, 0) is 35.2 Å². The largest absolute Gasteiger partial charge is 0.364 e. The summed E-state index contributed by atoms with van der Waals surface area (Å²) in [6, 6.07) is 27.3. The Kier molecular flexibility index (Phi) is 3.73. The van der Waals surface area contributed by atoms with Gasteiger partial charge in [0, 0.05) is 31.5 Å². The molecule has 1 spiro atoms. The van der Waals surface area contributed by atoms with Gasteiger partial charge in [-0.15, -0.1) is 0 Å². The van der Waals surface area contributed by atoms with Crippen molar-refractivity contribution in [3.05, 3.63) is 95.6 Å². The summed E-state index contributed by atoms with van der Waals surface area (Å²) < 4.78 is 0. The Hall–Kier alpha value is -3.27. The van der Waals surface area contributed by atoms with Crippen molar-refractivity contribution in [2.75, 3.05) is 23.8 Å². The van der Waals surface area contributed by atoms with Crippen LogP contribution in [0.25, 0.3) is 0 Å². The van der Waals surface area contributed by atoms with Gasteiger partial charge < -0.3 is 15.1 Å². The first-order valence-corrected chi connectivity index (χ1v) is 10.7. The van der Waals surface area contributed by atoms with Crippen molar-refractivity contribution in [1.29, 1.82) is 0 Å². The van der Waals surface area contributed by atoms with Crippen LogP contribution in [0.5, 0.6) is 0 Å². The fourth-order valence-electron chi connectivity index (χ4n) is 5.99. The number of piperidine rings is 1. The van der Waals surface area contributed by atoms with E-state index in [1.54, 1.807) is 0 Å². The standard InChI is InChI=1S/C26H25N3O/c1-28-22-14-8-6-12-20(22)26-15-16-29(17-18-9-3-2-4-10-18)24(30)23(26)19-11-5-7-13-21(19)27-25(26)28/h2-14,23,25,27H,15-17H2,1H3/t23-,25-,26-/m1/s1. The Morgan fingerprint density at radius 1 is 0.967 bits per heavy atom. The van der Waals surface area contributed by atoms with Gasteiger partial charge in [-0.1, -0.05) is 66.7 Å². The van der Waals surface area contributed by atoms with Crippen LogP contribution in [-0.4, -0.2) is 30.6 Å². The van der Waals surface area contributed by atoms with Gasteiger partial charge in [0.15, 0.2) is 0 Å². The van der Waals surface area contributed by atoms with Gasteiger partial charge in [-0.2, -0.15) is 0 Å². The average Bonchev–Trinajstić information content (AvgIpc) is 3.03. The molecule has 1 saturated heterocycles. The van der Waals surface area contributed by atoms with Crippen LogP contribution < -0.4 is 10.2 Å². The zero-order chi connectivity index (χ0) is 20.3. The van der Waals surface area contributed by atoms with Gasteiger partial charge in [-0.25, -0.2) is 0 Å². The highest BCUT2D eigenvalue weighted by atomic mass is 16.2. The summed E-state index contributed by atoms with van der Waals surface area (Å²) in [4.78, 5) is 18.5. The number of anilines is 2. The molecule has 1 fully saturated rings. The minimum atomic E-state index is -0.246. The molecule has 30 heavy (non-hydrogen) atoms. The fourth-order valence-corrected chi connectivity index (χ4v) is 5.99. The number of hydrogen-bond donors (Lipinski definition) is 1. The number of carbonyl (C=O) groups excluding carboxylic acids is 1. The third-order valence-corrected chi connectivity index (χ3v) is 7.31. The van der Waals surface area contributed by atoms with Crippen LogP contribution in [0, 0.1) is 0 Å². The van der Waals surface area contributed by atoms with Crippen LogP contribution >= 0.6 is 0 Å². The lowest BCUT2D eigenvalue weighted by molar-refractivity contribution is -0.139. The van der Waals surface area contributed by atoms with E-state index < -0.39 is 0 Å². The number of carbonyl (C=O) groups is 1. The summed E-state index contributed by atoms with van der Waals surface area (Å²) in [6.45, 7) is 1.44. The highest BCUT2D eigenvalue weighted by Gasteiger charge is 2.62. The molecule has 3 aromatic rings. The van der Waals surface area contributed by atoms with Crippen LogP contribution in [0.2, 0.25) is 0 Å². The number of likely N-dealkylation sites (N-methyl/N-ethyl adjacent to an activating group) is 1. The van der Waals surface area contributed by atoms with E-state index >= 15 is 0 Å². The lowest BCUT2D eigenvalue weighted by Gasteiger charge is -2.52. The normalized spacial score (nSPS) is 26.4. The summed E-state index contributed by atoms with van der Waals surface area (Å²) in [6.07, 6.45) is 1.03. The van der Waals surface area contributed by atoms with Crippen LogP contribution in [-0.2, 0) is 16.8 Å². The van der Waals surface area contributed by atoms with Gasteiger partial charge >= 0.3 is 0 Å². The monoisotopic (exact) mass is 395 g/mol. The van der Waals surface area contributed by atoms with E-state index in [2.05, 4.69) is 82.8 Å². The zero-order valence-electron chi connectivity index (χ0n) is 17.1. The fraction of sp³-hybridized carbons (Fsp3) is 0.269. The number of fused-ring (bicyclic) bond motifs is 3. The van der Waals surface area contributed by atoms with E-state index in [-0.39, 0.29) is 23.4 Å². The molecule has 0 saturated carbocycles. The van der Waals surface area contributed by atoms with Gasteiger partial charge in [0.05, 0.1) is 11.3 Å². The second-order valence-electron chi connectivity index (χ2n) is 8.73. The molecule has 4 nitrogen and oxygen atoms in total. The van der Waals surface area contributed by atoms with Gasteiger partial charge in [0.25, 0.3) is 0 Å². The third-order valence-electron chi connectivity index (χ3n) is 7.31. The Bertz CT molecular complexity index is 1130. The minimum Gasteiger partial charge on any atom is -0.364 e. The molecule has 3 aromatic carbocycles. The SMILES string of the molecule is CN1c2ccccc2[C@]23CCN(Cc4ccccc4)C(=O)[C@H]2c2ccccc2N[C@H]13. The molecule has 3 aliphatic rings. The first-order valence-electron chi connectivity index (χ1n) is 10.7. The molecule has 1 amide bonds. The Balaban J connectivity index is 1.50. The van der Waals surface area contributed by atoms with E-state index in [0.29, 0.717) is 6.54 Å². The van der Waals surface area contributed by atoms with Crippen LogP contribution in [0.15, 0.2) is 78.9 Å². The van der Waals surface area contributed by atoms with Crippen molar-refractivity contribution in [3.63, 3.8) is 0 Å². The van der Waals surface area contributed by atoms with Gasteiger partial charge in [0.2, 0.25) is 5.91 Å². The number of rotatable bonds is 2. The molecule has 0 radical (unpaired) electrons. The maximum absolute atomic E-state index is 14.1. The van der Waals surface area contributed by atoms with Crippen LogP contribution in [0.3, 0.4) is 0 Å². The maximum Gasteiger partial charge on any atom is 0.231 e. The molecule has 3 atom stereocenters. The molecule has 150 valence electrons. The van der Waals surface area contributed by atoms with Crippen molar-refractivity contribution in [2.24, 2.45) is 0 Å². The van der Waals surface area contributed by atoms with Crippen molar-refractivity contribution < 1.29 is 4.79 Å². The van der Waals surface area contributed by atoms with E-state index in [9.17, 15) is 4.79 Å².